The van der Waals surface area contributed by atoms with E-state index in [1.807, 2.05) is 18.2 Å². The van der Waals surface area contributed by atoms with Crippen LogP contribution in [-0.4, -0.2) is 56.7 Å². The topological polar surface area (TPSA) is 66.0 Å². The van der Waals surface area contributed by atoms with Gasteiger partial charge in [0.2, 0.25) is 5.91 Å². The van der Waals surface area contributed by atoms with Gasteiger partial charge < -0.3 is 20.3 Å². The first-order valence-electron chi connectivity index (χ1n) is 10.1. The lowest BCUT2D eigenvalue weighted by Gasteiger charge is -2.40. The summed E-state index contributed by atoms with van der Waals surface area (Å²) in [6.45, 7) is 9.09. The molecule has 1 fully saturated rings. The average molecular weight is 389 g/mol. The van der Waals surface area contributed by atoms with Crippen molar-refractivity contribution in [3.05, 3.63) is 35.9 Å². The van der Waals surface area contributed by atoms with Gasteiger partial charge in [-0.05, 0) is 23.8 Å². The fourth-order valence-corrected chi connectivity index (χ4v) is 3.48. The van der Waals surface area contributed by atoms with Crippen molar-refractivity contribution >= 4 is 11.9 Å². The summed E-state index contributed by atoms with van der Waals surface area (Å²) in [7, 11) is 3.51. The minimum atomic E-state index is 0.0165. The molecule has 6 nitrogen and oxygen atoms in total. The van der Waals surface area contributed by atoms with E-state index in [9.17, 15) is 4.79 Å². The second-order valence-electron chi connectivity index (χ2n) is 8.73. The van der Waals surface area contributed by atoms with E-state index in [-0.39, 0.29) is 24.0 Å². The molecule has 156 valence electrons. The predicted octanol–water partition coefficient (Wildman–Crippen LogP) is 2.65. The molecule has 0 saturated carbocycles. The maximum absolute atomic E-state index is 12.0. The molecular formula is C22H36N4O2. The SMILES string of the molecule is CN(C)C(=O)CNC(=NCc1ccccc1)NCC1CCCOC1C(C)(C)C. The molecule has 0 aliphatic carbocycles. The zero-order chi connectivity index (χ0) is 20.6. The van der Waals surface area contributed by atoms with Gasteiger partial charge in [-0.15, -0.1) is 0 Å². The van der Waals surface area contributed by atoms with Crippen molar-refractivity contribution in [2.45, 2.75) is 46.3 Å². The number of carbonyl (C=O) groups excluding carboxylic acids is 1. The highest BCUT2D eigenvalue weighted by Gasteiger charge is 2.35. The van der Waals surface area contributed by atoms with Gasteiger partial charge in [0.05, 0.1) is 19.2 Å². The second kappa shape index (κ2) is 10.5. The highest BCUT2D eigenvalue weighted by atomic mass is 16.5. The number of hydrogen-bond acceptors (Lipinski definition) is 3. The predicted molar refractivity (Wildman–Crippen MR) is 114 cm³/mol. The molecule has 28 heavy (non-hydrogen) atoms. The molecule has 1 aliphatic rings. The van der Waals surface area contributed by atoms with Gasteiger partial charge in [-0.3, -0.25) is 4.79 Å². The molecule has 0 bridgehead atoms. The van der Waals surface area contributed by atoms with E-state index in [2.05, 4.69) is 48.5 Å². The summed E-state index contributed by atoms with van der Waals surface area (Å²) in [5, 5.41) is 6.62. The Labute approximate surface area is 169 Å². The van der Waals surface area contributed by atoms with Crippen LogP contribution in [0.3, 0.4) is 0 Å². The van der Waals surface area contributed by atoms with Crippen molar-refractivity contribution in [2.75, 3.05) is 33.8 Å². The van der Waals surface area contributed by atoms with E-state index in [1.165, 1.54) is 0 Å². The number of aliphatic imine (C=N–C) groups is 1. The van der Waals surface area contributed by atoms with Crippen LogP contribution in [-0.2, 0) is 16.1 Å². The molecule has 1 aliphatic heterocycles. The van der Waals surface area contributed by atoms with Gasteiger partial charge in [0, 0.05) is 33.2 Å². The summed E-state index contributed by atoms with van der Waals surface area (Å²) in [6, 6.07) is 10.1. The van der Waals surface area contributed by atoms with Crippen molar-refractivity contribution in [3.63, 3.8) is 0 Å². The largest absolute Gasteiger partial charge is 0.377 e. The van der Waals surface area contributed by atoms with Gasteiger partial charge in [0.1, 0.15) is 0 Å². The molecule has 1 amide bonds. The van der Waals surface area contributed by atoms with Crippen LogP contribution in [0.1, 0.15) is 39.2 Å². The van der Waals surface area contributed by atoms with Crippen molar-refractivity contribution in [1.29, 1.82) is 0 Å². The fraction of sp³-hybridized carbons (Fsp3) is 0.636. The molecule has 1 heterocycles. The van der Waals surface area contributed by atoms with E-state index in [1.54, 1.807) is 19.0 Å². The Morgan fingerprint density at radius 2 is 1.93 bits per heavy atom. The van der Waals surface area contributed by atoms with Crippen LogP contribution in [0.15, 0.2) is 35.3 Å². The smallest absolute Gasteiger partial charge is 0.241 e. The summed E-state index contributed by atoms with van der Waals surface area (Å²) in [5.41, 5.74) is 1.23. The van der Waals surface area contributed by atoms with E-state index >= 15 is 0 Å². The Bertz CT molecular complexity index is 638. The number of amides is 1. The number of carbonyl (C=O) groups is 1. The fourth-order valence-electron chi connectivity index (χ4n) is 3.48. The second-order valence-corrected chi connectivity index (χ2v) is 8.73. The minimum absolute atomic E-state index is 0.0165. The Hall–Kier alpha value is -2.08. The van der Waals surface area contributed by atoms with Crippen LogP contribution in [0, 0.1) is 11.3 Å². The van der Waals surface area contributed by atoms with Crippen LogP contribution >= 0.6 is 0 Å². The molecule has 2 N–H and O–H groups in total. The minimum Gasteiger partial charge on any atom is -0.377 e. The van der Waals surface area contributed by atoms with Gasteiger partial charge in [-0.1, -0.05) is 51.1 Å². The van der Waals surface area contributed by atoms with Crippen LogP contribution in [0.25, 0.3) is 0 Å². The molecule has 2 atom stereocenters. The van der Waals surface area contributed by atoms with E-state index in [0.29, 0.717) is 18.4 Å². The molecule has 0 spiro atoms. The Kier molecular flexibility index (Phi) is 8.30. The van der Waals surface area contributed by atoms with Crippen molar-refractivity contribution in [2.24, 2.45) is 16.3 Å². The number of nitrogens with zero attached hydrogens (tertiary/aromatic N) is 2. The van der Waals surface area contributed by atoms with Crippen LogP contribution in [0.2, 0.25) is 0 Å². The highest BCUT2D eigenvalue weighted by molar-refractivity contribution is 5.86. The molecular weight excluding hydrogens is 352 g/mol. The molecule has 1 saturated heterocycles. The third-order valence-electron chi connectivity index (χ3n) is 5.00. The number of guanidine groups is 1. The number of nitrogens with one attached hydrogen (secondary N) is 2. The maximum atomic E-state index is 12.0. The summed E-state index contributed by atoms with van der Waals surface area (Å²) in [4.78, 5) is 18.2. The number of ether oxygens (including phenoxy) is 1. The normalized spacial score (nSPS) is 20.5. The van der Waals surface area contributed by atoms with Gasteiger partial charge >= 0.3 is 0 Å². The summed E-state index contributed by atoms with van der Waals surface area (Å²) < 4.78 is 6.09. The maximum Gasteiger partial charge on any atom is 0.241 e. The molecule has 0 radical (unpaired) electrons. The summed E-state index contributed by atoms with van der Waals surface area (Å²) >= 11 is 0. The van der Waals surface area contributed by atoms with E-state index in [4.69, 9.17) is 4.74 Å². The molecule has 6 heteroatoms. The van der Waals surface area contributed by atoms with E-state index < -0.39 is 0 Å². The van der Waals surface area contributed by atoms with Crippen molar-refractivity contribution in [3.8, 4) is 0 Å². The first-order chi connectivity index (χ1) is 13.3. The molecule has 2 rings (SSSR count). The number of benzene rings is 1. The van der Waals surface area contributed by atoms with Crippen molar-refractivity contribution in [1.82, 2.24) is 15.5 Å². The summed E-state index contributed by atoms with van der Waals surface area (Å²) in [5.74, 6) is 1.10. The Morgan fingerprint density at radius 3 is 2.57 bits per heavy atom. The van der Waals surface area contributed by atoms with Gasteiger partial charge in [-0.2, -0.15) is 0 Å². The zero-order valence-corrected chi connectivity index (χ0v) is 18.0. The quantitative estimate of drug-likeness (QED) is 0.581. The Morgan fingerprint density at radius 1 is 1.21 bits per heavy atom. The molecule has 1 aromatic rings. The monoisotopic (exact) mass is 388 g/mol. The zero-order valence-electron chi connectivity index (χ0n) is 18.0. The van der Waals surface area contributed by atoms with Gasteiger partial charge in [-0.25, -0.2) is 4.99 Å². The molecule has 0 aromatic heterocycles. The number of rotatable bonds is 6. The highest BCUT2D eigenvalue weighted by Crippen LogP contribution is 2.33. The van der Waals surface area contributed by atoms with Crippen LogP contribution < -0.4 is 10.6 Å². The summed E-state index contributed by atoms with van der Waals surface area (Å²) in [6.07, 6.45) is 2.44. The Balaban J connectivity index is 2.02. The third kappa shape index (κ3) is 7.15. The lowest BCUT2D eigenvalue weighted by Crippen LogP contribution is -2.48. The lowest BCUT2D eigenvalue weighted by molar-refractivity contribution is -0.127. The van der Waals surface area contributed by atoms with E-state index in [0.717, 1.165) is 31.6 Å². The van der Waals surface area contributed by atoms with Gasteiger partial charge in [0.15, 0.2) is 5.96 Å². The first-order valence-corrected chi connectivity index (χ1v) is 10.1. The molecule has 2 unspecified atom stereocenters. The lowest BCUT2D eigenvalue weighted by atomic mass is 9.78. The molecule has 1 aromatic carbocycles. The van der Waals surface area contributed by atoms with Crippen molar-refractivity contribution < 1.29 is 9.53 Å². The van der Waals surface area contributed by atoms with Crippen LogP contribution in [0.4, 0.5) is 0 Å². The first kappa shape index (κ1) is 22.2. The van der Waals surface area contributed by atoms with Gasteiger partial charge in [0.25, 0.3) is 0 Å². The standard InChI is InChI=1S/C22H36N4O2/c1-22(2,3)20-18(12-9-13-28-20)15-24-21(25-16-19(27)26(4)5)23-14-17-10-7-6-8-11-17/h6-8,10-11,18,20H,9,12-16H2,1-5H3,(H2,23,24,25). The number of likely N-dealkylation sites (N-methyl/N-ethyl adjacent to an activating group) is 1. The third-order valence-corrected chi connectivity index (χ3v) is 5.00. The number of hydrogen-bond donors (Lipinski definition) is 2. The average Bonchev–Trinajstić information content (AvgIpc) is 2.67. The van der Waals surface area contributed by atoms with Crippen LogP contribution in [0.5, 0.6) is 0 Å².